The van der Waals surface area contributed by atoms with Gasteiger partial charge in [0.25, 0.3) is 0 Å². The van der Waals surface area contributed by atoms with Gasteiger partial charge in [-0.3, -0.25) is 9.89 Å². The van der Waals surface area contributed by atoms with Crippen molar-refractivity contribution >= 4 is 5.91 Å². The summed E-state index contributed by atoms with van der Waals surface area (Å²) in [6.07, 6.45) is 1.31. The standard InChI is InChI=1S/C11H10F2N4O/c12-8-2-1-7(3-9(8)13)4-11(18)14-5-10-15-6-16-17-10/h1-3,6H,4-5H2,(H,14,18)(H,15,16,17). The molecule has 1 heterocycles. The van der Waals surface area contributed by atoms with E-state index in [2.05, 4.69) is 20.5 Å². The molecule has 0 radical (unpaired) electrons. The number of carbonyl (C=O) groups is 1. The number of rotatable bonds is 4. The average molecular weight is 252 g/mol. The first-order valence-electron chi connectivity index (χ1n) is 5.20. The van der Waals surface area contributed by atoms with Gasteiger partial charge in [0.15, 0.2) is 11.6 Å². The number of aromatic amines is 1. The molecule has 0 fully saturated rings. The molecule has 7 heteroatoms. The van der Waals surface area contributed by atoms with Crippen LogP contribution in [0, 0.1) is 11.6 Å². The Labute approximate surface area is 101 Å². The molecule has 0 aliphatic rings. The summed E-state index contributed by atoms with van der Waals surface area (Å²) in [5, 5.41) is 8.79. The van der Waals surface area contributed by atoms with Crippen LogP contribution in [0.5, 0.6) is 0 Å². The lowest BCUT2D eigenvalue weighted by atomic mass is 10.1. The van der Waals surface area contributed by atoms with Crippen molar-refractivity contribution in [2.24, 2.45) is 0 Å². The maximum absolute atomic E-state index is 12.9. The van der Waals surface area contributed by atoms with Crippen molar-refractivity contribution in [3.8, 4) is 0 Å². The number of benzene rings is 1. The molecule has 1 aromatic carbocycles. The predicted octanol–water partition coefficient (Wildman–Crippen LogP) is 0.942. The van der Waals surface area contributed by atoms with Gasteiger partial charge in [-0.15, -0.1) is 0 Å². The summed E-state index contributed by atoms with van der Waals surface area (Å²) in [6.45, 7) is 0.211. The van der Waals surface area contributed by atoms with Crippen molar-refractivity contribution in [2.45, 2.75) is 13.0 Å². The fourth-order valence-electron chi connectivity index (χ4n) is 1.40. The van der Waals surface area contributed by atoms with Gasteiger partial charge in [-0.2, -0.15) is 5.10 Å². The zero-order chi connectivity index (χ0) is 13.0. The van der Waals surface area contributed by atoms with Crippen molar-refractivity contribution < 1.29 is 13.6 Å². The summed E-state index contributed by atoms with van der Waals surface area (Å²) in [5.41, 5.74) is 0.406. The van der Waals surface area contributed by atoms with E-state index in [-0.39, 0.29) is 18.9 Å². The first kappa shape index (κ1) is 12.2. The maximum atomic E-state index is 12.9. The number of nitrogens with zero attached hydrogens (tertiary/aromatic N) is 2. The molecule has 0 bridgehead atoms. The number of nitrogens with one attached hydrogen (secondary N) is 2. The lowest BCUT2D eigenvalue weighted by molar-refractivity contribution is -0.120. The van der Waals surface area contributed by atoms with E-state index in [1.165, 1.54) is 12.4 Å². The van der Waals surface area contributed by atoms with E-state index in [1.54, 1.807) is 0 Å². The molecule has 0 aliphatic carbocycles. The minimum Gasteiger partial charge on any atom is -0.349 e. The van der Waals surface area contributed by atoms with E-state index in [9.17, 15) is 13.6 Å². The monoisotopic (exact) mass is 252 g/mol. The van der Waals surface area contributed by atoms with Crippen LogP contribution in [0.2, 0.25) is 0 Å². The number of amides is 1. The number of hydrogen-bond donors (Lipinski definition) is 2. The molecule has 2 N–H and O–H groups in total. The van der Waals surface area contributed by atoms with Crippen LogP contribution >= 0.6 is 0 Å². The SMILES string of the molecule is O=C(Cc1ccc(F)c(F)c1)NCc1ncn[nH]1. The maximum Gasteiger partial charge on any atom is 0.224 e. The van der Waals surface area contributed by atoms with Crippen LogP contribution < -0.4 is 5.32 Å². The van der Waals surface area contributed by atoms with E-state index in [1.807, 2.05) is 0 Å². The lowest BCUT2D eigenvalue weighted by Gasteiger charge is -2.03. The minimum atomic E-state index is -0.962. The van der Waals surface area contributed by atoms with Crippen molar-refractivity contribution in [1.82, 2.24) is 20.5 Å². The molecule has 0 spiro atoms. The number of H-pyrrole nitrogens is 1. The van der Waals surface area contributed by atoms with Crippen molar-refractivity contribution in [3.63, 3.8) is 0 Å². The van der Waals surface area contributed by atoms with Gasteiger partial charge in [0, 0.05) is 0 Å². The topological polar surface area (TPSA) is 70.7 Å². The van der Waals surface area contributed by atoms with Gasteiger partial charge in [0.1, 0.15) is 12.2 Å². The Balaban J connectivity index is 1.88. The first-order valence-corrected chi connectivity index (χ1v) is 5.20. The van der Waals surface area contributed by atoms with Crippen LogP contribution in [0.25, 0.3) is 0 Å². The predicted molar refractivity (Wildman–Crippen MR) is 58.3 cm³/mol. The summed E-state index contributed by atoms with van der Waals surface area (Å²) in [7, 11) is 0. The second-order valence-electron chi connectivity index (χ2n) is 3.63. The van der Waals surface area contributed by atoms with Gasteiger partial charge in [-0.25, -0.2) is 13.8 Å². The van der Waals surface area contributed by atoms with E-state index in [0.717, 1.165) is 12.1 Å². The quantitative estimate of drug-likeness (QED) is 0.850. The Bertz CT molecular complexity index is 542. The summed E-state index contributed by atoms with van der Waals surface area (Å²) in [5.74, 6) is -1.68. The summed E-state index contributed by atoms with van der Waals surface area (Å²) in [4.78, 5) is 15.3. The Morgan fingerprint density at radius 3 is 2.83 bits per heavy atom. The van der Waals surface area contributed by atoms with E-state index < -0.39 is 11.6 Å². The largest absolute Gasteiger partial charge is 0.349 e. The third kappa shape index (κ3) is 3.09. The zero-order valence-electron chi connectivity index (χ0n) is 9.28. The molecule has 0 unspecified atom stereocenters. The molecular weight excluding hydrogens is 242 g/mol. The summed E-state index contributed by atoms with van der Waals surface area (Å²) in [6, 6.07) is 3.37. The second kappa shape index (κ2) is 5.35. The van der Waals surface area contributed by atoms with Gasteiger partial charge < -0.3 is 5.32 Å². The minimum absolute atomic E-state index is 0.0225. The molecular formula is C11H10F2N4O. The van der Waals surface area contributed by atoms with Crippen LogP contribution in [0.3, 0.4) is 0 Å². The van der Waals surface area contributed by atoms with Crippen molar-refractivity contribution in [3.05, 3.63) is 47.5 Å². The van der Waals surface area contributed by atoms with Crippen LogP contribution in [0.1, 0.15) is 11.4 Å². The molecule has 1 aromatic heterocycles. The highest BCUT2D eigenvalue weighted by Crippen LogP contribution is 2.09. The van der Waals surface area contributed by atoms with Crippen LogP contribution in [-0.2, 0) is 17.8 Å². The Kier molecular flexibility index (Phi) is 3.61. The molecule has 2 rings (SSSR count). The molecule has 0 atom stereocenters. The number of carbonyl (C=O) groups excluding carboxylic acids is 1. The number of hydrogen-bond acceptors (Lipinski definition) is 3. The van der Waals surface area contributed by atoms with Gasteiger partial charge in [0.2, 0.25) is 5.91 Å². The molecule has 0 saturated heterocycles. The molecule has 1 amide bonds. The highest BCUT2D eigenvalue weighted by atomic mass is 19.2. The fourth-order valence-corrected chi connectivity index (χ4v) is 1.40. The van der Waals surface area contributed by atoms with Gasteiger partial charge in [0.05, 0.1) is 13.0 Å². The molecule has 0 saturated carbocycles. The number of halogens is 2. The normalized spacial score (nSPS) is 10.3. The molecule has 18 heavy (non-hydrogen) atoms. The fraction of sp³-hybridized carbons (Fsp3) is 0.182. The van der Waals surface area contributed by atoms with Crippen LogP contribution in [0.15, 0.2) is 24.5 Å². The molecule has 2 aromatic rings. The Hall–Kier alpha value is -2.31. The van der Waals surface area contributed by atoms with Crippen LogP contribution in [0.4, 0.5) is 8.78 Å². The van der Waals surface area contributed by atoms with Crippen molar-refractivity contribution in [1.29, 1.82) is 0 Å². The lowest BCUT2D eigenvalue weighted by Crippen LogP contribution is -2.25. The molecule has 0 aliphatic heterocycles. The Morgan fingerprint density at radius 2 is 2.17 bits per heavy atom. The third-order valence-corrected chi connectivity index (χ3v) is 2.27. The molecule has 94 valence electrons. The second-order valence-corrected chi connectivity index (χ2v) is 3.63. The first-order chi connectivity index (χ1) is 8.65. The molecule has 5 nitrogen and oxygen atoms in total. The van der Waals surface area contributed by atoms with Gasteiger partial charge >= 0.3 is 0 Å². The van der Waals surface area contributed by atoms with Gasteiger partial charge in [-0.05, 0) is 17.7 Å². The summed E-state index contributed by atoms with van der Waals surface area (Å²) < 4.78 is 25.6. The third-order valence-electron chi connectivity index (χ3n) is 2.27. The smallest absolute Gasteiger partial charge is 0.224 e. The highest BCUT2D eigenvalue weighted by Gasteiger charge is 2.07. The van der Waals surface area contributed by atoms with Crippen LogP contribution in [-0.4, -0.2) is 21.1 Å². The van der Waals surface area contributed by atoms with Crippen molar-refractivity contribution in [2.75, 3.05) is 0 Å². The summed E-state index contributed by atoms with van der Waals surface area (Å²) >= 11 is 0. The highest BCUT2D eigenvalue weighted by molar-refractivity contribution is 5.78. The van der Waals surface area contributed by atoms with Gasteiger partial charge in [-0.1, -0.05) is 6.07 Å². The number of aromatic nitrogens is 3. The van der Waals surface area contributed by atoms with E-state index in [4.69, 9.17) is 0 Å². The van der Waals surface area contributed by atoms with E-state index in [0.29, 0.717) is 11.4 Å². The van der Waals surface area contributed by atoms with E-state index >= 15 is 0 Å². The Morgan fingerprint density at radius 1 is 1.33 bits per heavy atom. The zero-order valence-corrected chi connectivity index (χ0v) is 9.28. The average Bonchev–Trinajstić information content (AvgIpc) is 2.84.